The molecule has 0 spiro atoms. The molecule has 1 saturated heterocycles. The summed E-state index contributed by atoms with van der Waals surface area (Å²) < 4.78 is 2.26. The molecule has 0 aliphatic carbocycles. The largest absolute Gasteiger partial charge is 0.348 e. The standard InChI is InChI=1S/C22H27N5O2S2/c1-4-15-9-5-6-10-16(15)23-17(28)13-30-22-25-19-18(20(29)27(22)14(2)3)31-21(24-19)26-11-7-8-12-26/h5-6,9-10,14H,4,7-8,11-13H2,1-3H3,(H,23,28). The van der Waals surface area contributed by atoms with Crippen LogP contribution in [-0.4, -0.2) is 39.3 Å². The lowest BCUT2D eigenvalue weighted by atomic mass is 10.1. The summed E-state index contributed by atoms with van der Waals surface area (Å²) >= 11 is 2.70. The van der Waals surface area contributed by atoms with Crippen LogP contribution in [0.15, 0.2) is 34.2 Å². The van der Waals surface area contributed by atoms with Gasteiger partial charge in [0.1, 0.15) is 4.70 Å². The van der Waals surface area contributed by atoms with Crippen molar-refractivity contribution in [2.24, 2.45) is 0 Å². The molecule has 0 atom stereocenters. The van der Waals surface area contributed by atoms with E-state index < -0.39 is 0 Å². The number of nitrogens with one attached hydrogen (secondary N) is 1. The van der Waals surface area contributed by atoms with Crippen LogP contribution in [0.4, 0.5) is 10.8 Å². The van der Waals surface area contributed by atoms with Crippen molar-refractivity contribution in [3.8, 4) is 0 Å². The van der Waals surface area contributed by atoms with Crippen molar-refractivity contribution < 1.29 is 4.79 Å². The summed E-state index contributed by atoms with van der Waals surface area (Å²) in [6.45, 7) is 7.92. The number of thioether (sulfide) groups is 1. The monoisotopic (exact) mass is 457 g/mol. The van der Waals surface area contributed by atoms with Crippen LogP contribution >= 0.6 is 23.1 Å². The number of anilines is 2. The minimum atomic E-state index is -0.119. The quantitative estimate of drug-likeness (QED) is 0.420. The molecule has 1 amide bonds. The Balaban J connectivity index is 1.58. The van der Waals surface area contributed by atoms with Gasteiger partial charge in [0.15, 0.2) is 15.9 Å². The molecule has 4 rings (SSSR count). The van der Waals surface area contributed by atoms with Gasteiger partial charge >= 0.3 is 0 Å². The maximum Gasteiger partial charge on any atom is 0.274 e. The highest BCUT2D eigenvalue weighted by Crippen LogP contribution is 2.30. The van der Waals surface area contributed by atoms with Gasteiger partial charge in [0.05, 0.1) is 5.75 Å². The molecule has 2 aromatic heterocycles. The van der Waals surface area contributed by atoms with Crippen LogP contribution in [0.2, 0.25) is 0 Å². The number of aromatic nitrogens is 3. The van der Waals surface area contributed by atoms with Gasteiger partial charge in [0.2, 0.25) is 5.91 Å². The van der Waals surface area contributed by atoms with E-state index in [1.165, 1.54) is 23.1 Å². The van der Waals surface area contributed by atoms with Crippen LogP contribution in [-0.2, 0) is 11.2 Å². The molecule has 3 heterocycles. The second-order valence-corrected chi connectivity index (χ2v) is 9.77. The van der Waals surface area contributed by atoms with Gasteiger partial charge in [-0.25, -0.2) is 4.98 Å². The number of carbonyl (C=O) groups excluding carboxylic acids is 1. The third-order valence-corrected chi connectivity index (χ3v) is 7.36. The topological polar surface area (TPSA) is 80.1 Å². The fraction of sp³-hybridized carbons (Fsp3) is 0.455. The summed E-state index contributed by atoms with van der Waals surface area (Å²) in [7, 11) is 0. The second-order valence-electron chi connectivity index (χ2n) is 7.85. The maximum atomic E-state index is 13.2. The average Bonchev–Trinajstić information content (AvgIpc) is 3.42. The van der Waals surface area contributed by atoms with Crippen molar-refractivity contribution in [2.45, 2.75) is 51.2 Å². The van der Waals surface area contributed by atoms with Crippen LogP contribution in [0.3, 0.4) is 0 Å². The molecule has 31 heavy (non-hydrogen) atoms. The van der Waals surface area contributed by atoms with Crippen molar-refractivity contribution in [2.75, 3.05) is 29.1 Å². The molecule has 3 aromatic rings. The number of thiazole rings is 1. The van der Waals surface area contributed by atoms with Gasteiger partial charge in [-0.3, -0.25) is 14.2 Å². The summed E-state index contributed by atoms with van der Waals surface area (Å²) in [4.78, 5) is 37.3. The Morgan fingerprint density at radius 2 is 1.97 bits per heavy atom. The van der Waals surface area contributed by atoms with Gasteiger partial charge in [-0.2, -0.15) is 4.98 Å². The summed E-state index contributed by atoms with van der Waals surface area (Å²) in [5.41, 5.74) is 2.32. The van der Waals surface area contributed by atoms with E-state index in [0.29, 0.717) is 15.5 Å². The van der Waals surface area contributed by atoms with Crippen LogP contribution in [0.5, 0.6) is 0 Å². The summed E-state index contributed by atoms with van der Waals surface area (Å²) in [5.74, 6) is 0.0536. The number of aryl methyl sites for hydroxylation is 1. The summed E-state index contributed by atoms with van der Waals surface area (Å²) in [6, 6.07) is 7.73. The molecule has 164 valence electrons. The van der Waals surface area contributed by atoms with Crippen molar-refractivity contribution in [1.82, 2.24) is 14.5 Å². The van der Waals surface area contributed by atoms with Gasteiger partial charge in [-0.15, -0.1) is 0 Å². The van der Waals surface area contributed by atoms with E-state index in [4.69, 9.17) is 0 Å². The third-order valence-electron chi connectivity index (χ3n) is 5.32. The van der Waals surface area contributed by atoms with Gasteiger partial charge < -0.3 is 10.2 Å². The molecule has 1 aliphatic rings. The lowest BCUT2D eigenvalue weighted by molar-refractivity contribution is -0.113. The minimum Gasteiger partial charge on any atom is -0.348 e. The zero-order valence-corrected chi connectivity index (χ0v) is 19.7. The maximum absolute atomic E-state index is 13.2. The zero-order valence-electron chi connectivity index (χ0n) is 18.1. The Kier molecular flexibility index (Phi) is 6.62. The van der Waals surface area contributed by atoms with E-state index in [1.807, 2.05) is 38.1 Å². The van der Waals surface area contributed by atoms with Gasteiger partial charge in [0, 0.05) is 24.8 Å². The lowest BCUT2D eigenvalue weighted by Gasteiger charge is -2.15. The molecule has 7 nitrogen and oxygen atoms in total. The van der Waals surface area contributed by atoms with Crippen molar-refractivity contribution in [1.29, 1.82) is 0 Å². The SMILES string of the molecule is CCc1ccccc1NC(=O)CSc1nc2nc(N3CCCC3)sc2c(=O)n1C(C)C. The van der Waals surface area contributed by atoms with Gasteiger partial charge in [-0.1, -0.05) is 48.2 Å². The molecule has 1 aliphatic heterocycles. The molecule has 9 heteroatoms. The zero-order chi connectivity index (χ0) is 22.0. The highest BCUT2D eigenvalue weighted by molar-refractivity contribution is 7.99. The number of nitrogens with zero attached hydrogens (tertiary/aromatic N) is 4. The number of hydrogen-bond acceptors (Lipinski definition) is 7. The Bertz CT molecular complexity index is 1150. The molecule has 1 aromatic carbocycles. The molecule has 1 fully saturated rings. The molecule has 0 unspecified atom stereocenters. The van der Waals surface area contributed by atoms with E-state index in [9.17, 15) is 9.59 Å². The Morgan fingerprint density at radius 1 is 1.23 bits per heavy atom. The molecular formula is C22H27N5O2S2. The van der Waals surface area contributed by atoms with Gasteiger partial charge in [0.25, 0.3) is 5.56 Å². The Morgan fingerprint density at radius 3 is 2.68 bits per heavy atom. The Hall–Kier alpha value is -2.39. The summed E-state index contributed by atoms with van der Waals surface area (Å²) in [6.07, 6.45) is 3.14. The fourth-order valence-electron chi connectivity index (χ4n) is 3.72. The van der Waals surface area contributed by atoms with Crippen LogP contribution < -0.4 is 15.8 Å². The number of amides is 1. The van der Waals surface area contributed by atoms with Crippen molar-refractivity contribution >= 4 is 50.2 Å². The van der Waals surface area contributed by atoms with Gasteiger partial charge in [-0.05, 0) is 44.7 Å². The summed E-state index contributed by atoms with van der Waals surface area (Å²) in [5, 5.41) is 4.37. The van der Waals surface area contributed by atoms with E-state index >= 15 is 0 Å². The first-order chi connectivity index (χ1) is 15.0. The molecule has 1 N–H and O–H groups in total. The predicted octanol–water partition coefficient (Wildman–Crippen LogP) is 4.33. The second kappa shape index (κ2) is 9.40. The third kappa shape index (κ3) is 4.62. The first kappa shape index (κ1) is 21.8. The Labute approximate surface area is 189 Å². The first-order valence-electron chi connectivity index (χ1n) is 10.7. The van der Waals surface area contributed by atoms with Crippen LogP contribution in [0.1, 0.15) is 45.2 Å². The highest BCUT2D eigenvalue weighted by atomic mass is 32.2. The highest BCUT2D eigenvalue weighted by Gasteiger charge is 2.22. The van der Waals surface area contributed by atoms with E-state index in [2.05, 4.69) is 27.1 Å². The van der Waals surface area contributed by atoms with E-state index in [1.54, 1.807) is 4.57 Å². The smallest absolute Gasteiger partial charge is 0.274 e. The first-order valence-corrected chi connectivity index (χ1v) is 12.5. The molecule has 0 radical (unpaired) electrons. The van der Waals surface area contributed by atoms with Crippen molar-refractivity contribution in [3.63, 3.8) is 0 Å². The molecular weight excluding hydrogens is 430 g/mol. The number of benzene rings is 1. The van der Waals surface area contributed by atoms with E-state index in [0.717, 1.165) is 48.7 Å². The average molecular weight is 458 g/mol. The normalized spacial score (nSPS) is 14.0. The molecule has 0 saturated carbocycles. The van der Waals surface area contributed by atoms with Crippen molar-refractivity contribution in [3.05, 3.63) is 40.2 Å². The van der Waals surface area contributed by atoms with E-state index in [-0.39, 0.29) is 23.3 Å². The number of fused-ring (bicyclic) bond motifs is 1. The number of rotatable bonds is 7. The minimum absolute atomic E-state index is 0.0619. The fourth-order valence-corrected chi connectivity index (χ4v) is 5.64. The predicted molar refractivity (Wildman–Crippen MR) is 129 cm³/mol. The van der Waals surface area contributed by atoms with Crippen LogP contribution in [0.25, 0.3) is 10.3 Å². The number of carbonyl (C=O) groups is 1. The van der Waals surface area contributed by atoms with Crippen LogP contribution in [0, 0.1) is 0 Å². The number of para-hydroxylation sites is 1. The molecule has 0 bridgehead atoms. The number of hydrogen-bond donors (Lipinski definition) is 1. The lowest BCUT2D eigenvalue weighted by Crippen LogP contribution is -2.25.